The zero-order valence-electron chi connectivity index (χ0n) is 8.93. The van der Waals surface area contributed by atoms with Gasteiger partial charge in [0.1, 0.15) is 0 Å². The summed E-state index contributed by atoms with van der Waals surface area (Å²) in [4.78, 5) is 1.77. The van der Waals surface area contributed by atoms with Crippen LogP contribution in [0.15, 0.2) is 0 Å². The van der Waals surface area contributed by atoms with Gasteiger partial charge in [-0.25, -0.2) is 0 Å². The van der Waals surface area contributed by atoms with Crippen LogP contribution in [0.3, 0.4) is 0 Å². The molecule has 0 amide bonds. The van der Waals surface area contributed by atoms with Crippen LogP contribution in [0, 0.1) is 0 Å². The molecule has 0 aliphatic rings. The van der Waals surface area contributed by atoms with Crippen LogP contribution in [0.5, 0.6) is 0 Å². The fourth-order valence-electron chi connectivity index (χ4n) is 1.38. The van der Waals surface area contributed by atoms with Crippen molar-refractivity contribution >= 4 is 0 Å². The van der Waals surface area contributed by atoms with E-state index in [0.29, 0.717) is 6.54 Å². The Morgan fingerprint density at radius 3 is 2.00 bits per heavy atom. The topological polar surface area (TPSA) is 29.3 Å². The lowest BCUT2D eigenvalue weighted by Gasteiger charge is -2.32. The molecule has 1 atom stereocenters. The summed E-state index contributed by atoms with van der Waals surface area (Å²) < 4.78 is 36.0. The standard InChI is InChI=1S/C9H19F3N2/c1-7(2)14(8(3)6-13)5-4-9(10,11)12/h7-8H,4-6,13H2,1-3H3. The van der Waals surface area contributed by atoms with Crippen LogP contribution in [0.1, 0.15) is 27.2 Å². The summed E-state index contributed by atoms with van der Waals surface area (Å²) in [5.41, 5.74) is 5.43. The van der Waals surface area contributed by atoms with Gasteiger partial charge in [-0.3, -0.25) is 4.90 Å². The Morgan fingerprint density at radius 2 is 1.71 bits per heavy atom. The molecule has 0 spiro atoms. The van der Waals surface area contributed by atoms with E-state index in [-0.39, 0.29) is 18.6 Å². The van der Waals surface area contributed by atoms with Crippen molar-refractivity contribution in [2.24, 2.45) is 5.73 Å². The van der Waals surface area contributed by atoms with Gasteiger partial charge in [0.25, 0.3) is 0 Å². The van der Waals surface area contributed by atoms with Gasteiger partial charge in [-0.2, -0.15) is 13.2 Å². The number of rotatable bonds is 5. The largest absolute Gasteiger partial charge is 0.390 e. The van der Waals surface area contributed by atoms with Gasteiger partial charge in [0.05, 0.1) is 6.42 Å². The number of halogens is 3. The van der Waals surface area contributed by atoms with Crippen molar-refractivity contribution in [3.05, 3.63) is 0 Å². The Morgan fingerprint density at radius 1 is 1.21 bits per heavy atom. The minimum Gasteiger partial charge on any atom is -0.329 e. The van der Waals surface area contributed by atoms with E-state index in [2.05, 4.69) is 0 Å². The quantitative estimate of drug-likeness (QED) is 0.755. The third kappa shape index (κ3) is 5.44. The second kappa shape index (κ2) is 5.56. The monoisotopic (exact) mass is 212 g/mol. The number of alkyl halides is 3. The van der Waals surface area contributed by atoms with Gasteiger partial charge < -0.3 is 5.73 Å². The molecule has 0 aliphatic carbocycles. The lowest BCUT2D eigenvalue weighted by molar-refractivity contribution is -0.139. The van der Waals surface area contributed by atoms with Crippen LogP contribution in [0.4, 0.5) is 13.2 Å². The van der Waals surface area contributed by atoms with Crippen molar-refractivity contribution in [1.82, 2.24) is 4.90 Å². The SMILES string of the molecule is CC(C)N(CCC(F)(F)F)C(C)CN. The molecular formula is C9H19F3N2. The Labute approximate surface area is 83.3 Å². The van der Waals surface area contributed by atoms with Crippen molar-refractivity contribution in [2.45, 2.75) is 45.5 Å². The number of nitrogens with two attached hydrogens (primary N) is 1. The molecule has 0 aromatic heterocycles. The maximum Gasteiger partial charge on any atom is 0.390 e. The Hall–Kier alpha value is -0.290. The molecule has 0 fully saturated rings. The summed E-state index contributed by atoms with van der Waals surface area (Å²) in [5.74, 6) is 0. The molecule has 5 heteroatoms. The van der Waals surface area contributed by atoms with E-state index < -0.39 is 12.6 Å². The fourth-order valence-corrected chi connectivity index (χ4v) is 1.38. The van der Waals surface area contributed by atoms with Gasteiger partial charge in [-0.15, -0.1) is 0 Å². The summed E-state index contributed by atoms with van der Waals surface area (Å²) in [7, 11) is 0. The predicted molar refractivity (Wildman–Crippen MR) is 51.0 cm³/mol. The summed E-state index contributed by atoms with van der Waals surface area (Å²) in [6, 6.07) is 0.0910. The van der Waals surface area contributed by atoms with E-state index in [4.69, 9.17) is 5.73 Å². The highest BCUT2D eigenvalue weighted by molar-refractivity contribution is 4.72. The van der Waals surface area contributed by atoms with E-state index in [1.165, 1.54) is 0 Å². The fraction of sp³-hybridized carbons (Fsp3) is 1.00. The molecule has 2 nitrogen and oxygen atoms in total. The Balaban J connectivity index is 4.11. The predicted octanol–water partition coefficient (Wildman–Crippen LogP) is 2.00. The highest BCUT2D eigenvalue weighted by Gasteiger charge is 2.29. The molecule has 0 aliphatic heterocycles. The first-order valence-electron chi connectivity index (χ1n) is 4.80. The van der Waals surface area contributed by atoms with E-state index in [1.807, 2.05) is 20.8 Å². The van der Waals surface area contributed by atoms with Gasteiger partial charge in [0.15, 0.2) is 0 Å². The van der Waals surface area contributed by atoms with Crippen molar-refractivity contribution in [1.29, 1.82) is 0 Å². The van der Waals surface area contributed by atoms with Crippen molar-refractivity contribution in [3.63, 3.8) is 0 Å². The highest BCUT2D eigenvalue weighted by Crippen LogP contribution is 2.21. The van der Waals surface area contributed by atoms with Crippen molar-refractivity contribution in [3.8, 4) is 0 Å². The van der Waals surface area contributed by atoms with Crippen LogP contribution in [-0.2, 0) is 0 Å². The number of nitrogens with zero attached hydrogens (tertiary/aromatic N) is 1. The normalized spacial score (nSPS) is 15.2. The number of hydrogen-bond donors (Lipinski definition) is 1. The highest BCUT2D eigenvalue weighted by atomic mass is 19.4. The van der Waals surface area contributed by atoms with Gasteiger partial charge in [-0.1, -0.05) is 0 Å². The van der Waals surface area contributed by atoms with Gasteiger partial charge in [-0.05, 0) is 20.8 Å². The molecule has 0 radical (unpaired) electrons. The van der Waals surface area contributed by atoms with Gasteiger partial charge in [0, 0.05) is 25.2 Å². The minimum atomic E-state index is -4.08. The Kier molecular flexibility index (Phi) is 5.44. The smallest absolute Gasteiger partial charge is 0.329 e. The van der Waals surface area contributed by atoms with Crippen molar-refractivity contribution < 1.29 is 13.2 Å². The van der Waals surface area contributed by atoms with E-state index in [0.717, 1.165) is 0 Å². The Bertz CT molecular complexity index is 157. The third-order valence-corrected chi connectivity index (χ3v) is 2.22. The second-order valence-corrected chi connectivity index (χ2v) is 3.78. The zero-order chi connectivity index (χ0) is 11.4. The first-order chi connectivity index (χ1) is 6.28. The molecule has 0 aromatic rings. The lowest BCUT2D eigenvalue weighted by Crippen LogP contribution is -2.44. The molecule has 86 valence electrons. The molecule has 2 N–H and O–H groups in total. The van der Waals surface area contributed by atoms with Gasteiger partial charge >= 0.3 is 6.18 Å². The lowest BCUT2D eigenvalue weighted by atomic mass is 10.2. The van der Waals surface area contributed by atoms with Gasteiger partial charge in [0.2, 0.25) is 0 Å². The first kappa shape index (κ1) is 13.7. The van der Waals surface area contributed by atoms with E-state index >= 15 is 0 Å². The summed E-state index contributed by atoms with van der Waals surface area (Å²) in [5, 5.41) is 0. The first-order valence-corrected chi connectivity index (χ1v) is 4.80. The summed E-state index contributed by atoms with van der Waals surface area (Å²) >= 11 is 0. The summed E-state index contributed by atoms with van der Waals surface area (Å²) in [6.07, 6.45) is -4.85. The van der Waals surface area contributed by atoms with Crippen LogP contribution in [0.25, 0.3) is 0 Å². The molecule has 14 heavy (non-hydrogen) atoms. The van der Waals surface area contributed by atoms with Crippen molar-refractivity contribution in [2.75, 3.05) is 13.1 Å². The third-order valence-electron chi connectivity index (χ3n) is 2.22. The second-order valence-electron chi connectivity index (χ2n) is 3.78. The van der Waals surface area contributed by atoms with E-state index in [1.54, 1.807) is 4.90 Å². The van der Waals surface area contributed by atoms with Crippen LogP contribution in [-0.4, -0.2) is 36.2 Å². The average molecular weight is 212 g/mol. The molecule has 0 saturated heterocycles. The minimum absolute atomic E-state index is 0.00245. The molecule has 0 aromatic carbocycles. The molecule has 0 saturated carbocycles. The maximum absolute atomic E-state index is 12.0. The van der Waals surface area contributed by atoms with Crippen LogP contribution in [0.2, 0.25) is 0 Å². The van der Waals surface area contributed by atoms with Crippen LogP contribution < -0.4 is 5.73 Å². The molecule has 0 rings (SSSR count). The molecule has 0 heterocycles. The average Bonchev–Trinajstić information content (AvgIpc) is 2.01. The molecule has 1 unspecified atom stereocenters. The van der Waals surface area contributed by atoms with Crippen LogP contribution >= 0.6 is 0 Å². The van der Waals surface area contributed by atoms with E-state index in [9.17, 15) is 13.2 Å². The number of hydrogen-bond acceptors (Lipinski definition) is 2. The summed E-state index contributed by atoms with van der Waals surface area (Å²) in [6.45, 7) is 6.01. The molecule has 0 bridgehead atoms. The zero-order valence-corrected chi connectivity index (χ0v) is 8.93. The maximum atomic E-state index is 12.0. The molecular weight excluding hydrogens is 193 g/mol.